The normalized spacial score (nSPS) is 25.6. The summed E-state index contributed by atoms with van der Waals surface area (Å²) in [6.07, 6.45) is 5.49. The molecule has 0 unspecified atom stereocenters. The van der Waals surface area contributed by atoms with Gasteiger partial charge >= 0.3 is 0 Å². The molecule has 1 saturated carbocycles. The maximum Gasteiger partial charge on any atom is 0.0208 e. The third kappa shape index (κ3) is 3.74. The first-order chi connectivity index (χ1) is 7.74. The zero-order chi connectivity index (χ0) is 11.4. The Labute approximate surface area is 112 Å². The number of nitrogens with one attached hydrogen (secondary N) is 1. The summed E-state index contributed by atoms with van der Waals surface area (Å²) in [5.74, 6) is 0.941. The summed E-state index contributed by atoms with van der Waals surface area (Å²) >= 11 is 2.35. The summed E-state index contributed by atoms with van der Waals surface area (Å²) in [6, 6.07) is 9.55. The lowest BCUT2D eigenvalue weighted by Gasteiger charge is -2.27. The predicted molar refractivity (Wildman–Crippen MR) is 77.4 cm³/mol. The highest BCUT2D eigenvalue weighted by Gasteiger charge is 2.17. The van der Waals surface area contributed by atoms with Gasteiger partial charge in [-0.05, 0) is 71.9 Å². The molecule has 0 saturated heterocycles. The van der Waals surface area contributed by atoms with Crippen LogP contribution in [0.1, 0.15) is 38.2 Å². The third-order valence-electron chi connectivity index (χ3n) is 3.52. The summed E-state index contributed by atoms with van der Waals surface area (Å²) < 4.78 is 1.31. The molecule has 1 aromatic rings. The second-order valence-electron chi connectivity index (χ2n) is 4.96. The van der Waals surface area contributed by atoms with Crippen molar-refractivity contribution in [3.8, 4) is 0 Å². The Morgan fingerprint density at radius 3 is 2.38 bits per heavy atom. The summed E-state index contributed by atoms with van der Waals surface area (Å²) in [6.45, 7) is 3.39. The van der Waals surface area contributed by atoms with Crippen LogP contribution < -0.4 is 5.32 Å². The van der Waals surface area contributed by atoms with Gasteiger partial charge in [-0.25, -0.2) is 0 Å². The van der Waals surface area contributed by atoms with Crippen molar-refractivity contribution in [2.45, 2.75) is 45.2 Å². The molecule has 2 heteroatoms. The van der Waals surface area contributed by atoms with Gasteiger partial charge in [0.15, 0.2) is 0 Å². The molecule has 2 rings (SSSR count). The quantitative estimate of drug-likeness (QED) is 0.828. The van der Waals surface area contributed by atoms with Gasteiger partial charge < -0.3 is 5.32 Å². The number of benzene rings is 1. The van der Waals surface area contributed by atoms with Crippen LogP contribution in [0, 0.1) is 9.49 Å². The van der Waals surface area contributed by atoms with Crippen LogP contribution in [0.2, 0.25) is 0 Å². The van der Waals surface area contributed by atoms with E-state index in [1.54, 1.807) is 0 Å². The molecular formula is C14H20IN. The molecule has 1 aromatic carbocycles. The van der Waals surface area contributed by atoms with Crippen molar-refractivity contribution in [2.24, 2.45) is 5.92 Å². The number of rotatable bonds is 3. The lowest BCUT2D eigenvalue weighted by molar-refractivity contribution is 0.306. The first-order valence-corrected chi connectivity index (χ1v) is 7.30. The highest BCUT2D eigenvalue weighted by Crippen LogP contribution is 2.23. The number of hydrogen-bond donors (Lipinski definition) is 1. The molecule has 1 N–H and O–H groups in total. The number of hydrogen-bond acceptors (Lipinski definition) is 1. The molecule has 0 aliphatic heterocycles. The van der Waals surface area contributed by atoms with Crippen molar-refractivity contribution >= 4 is 22.6 Å². The van der Waals surface area contributed by atoms with Crippen molar-refractivity contribution in [3.05, 3.63) is 33.4 Å². The molecule has 0 bridgehead atoms. The van der Waals surface area contributed by atoms with E-state index < -0.39 is 0 Å². The fraction of sp³-hybridized carbons (Fsp3) is 0.571. The Morgan fingerprint density at radius 1 is 1.12 bits per heavy atom. The zero-order valence-corrected chi connectivity index (χ0v) is 12.0. The maximum atomic E-state index is 3.68. The SMILES string of the molecule is CC1CCC(NCc2ccc(I)cc2)CC1. The Morgan fingerprint density at radius 2 is 1.75 bits per heavy atom. The van der Waals surface area contributed by atoms with E-state index in [0.29, 0.717) is 0 Å². The third-order valence-corrected chi connectivity index (χ3v) is 4.24. The molecule has 1 aliphatic rings. The van der Waals surface area contributed by atoms with Crippen molar-refractivity contribution in [2.75, 3.05) is 0 Å². The molecule has 0 radical (unpaired) electrons. The van der Waals surface area contributed by atoms with Crippen molar-refractivity contribution < 1.29 is 0 Å². The minimum atomic E-state index is 0.746. The largest absolute Gasteiger partial charge is 0.310 e. The van der Waals surface area contributed by atoms with Crippen LogP contribution in [0.3, 0.4) is 0 Å². The van der Waals surface area contributed by atoms with Crippen LogP contribution in [-0.4, -0.2) is 6.04 Å². The first-order valence-electron chi connectivity index (χ1n) is 6.22. The maximum absolute atomic E-state index is 3.68. The van der Waals surface area contributed by atoms with E-state index in [0.717, 1.165) is 18.5 Å². The average molecular weight is 329 g/mol. The number of halogens is 1. The van der Waals surface area contributed by atoms with Gasteiger partial charge in [0.05, 0.1) is 0 Å². The topological polar surface area (TPSA) is 12.0 Å². The first kappa shape index (κ1) is 12.4. The summed E-state index contributed by atoms with van der Waals surface area (Å²) in [5.41, 5.74) is 1.40. The molecule has 0 amide bonds. The summed E-state index contributed by atoms with van der Waals surface area (Å²) in [5, 5.41) is 3.68. The standard InChI is InChI=1S/C14H20IN/c1-11-2-8-14(9-3-11)16-10-12-4-6-13(15)7-5-12/h4-7,11,14,16H,2-3,8-10H2,1H3. The van der Waals surface area contributed by atoms with Crippen LogP contribution >= 0.6 is 22.6 Å². The molecule has 88 valence electrons. The van der Waals surface area contributed by atoms with E-state index in [9.17, 15) is 0 Å². The molecule has 0 spiro atoms. The van der Waals surface area contributed by atoms with E-state index >= 15 is 0 Å². The van der Waals surface area contributed by atoms with Gasteiger partial charge in [-0.15, -0.1) is 0 Å². The van der Waals surface area contributed by atoms with Gasteiger partial charge in [0.2, 0.25) is 0 Å². The molecule has 0 aromatic heterocycles. The predicted octanol–water partition coefficient (Wildman–Crippen LogP) is 3.96. The lowest BCUT2D eigenvalue weighted by Crippen LogP contribution is -2.32. The molecule has 1 fully saturated rings. The van der Waals surface area contributed by atoms with Gasteiger partial charge in [-0.2, -0.15) is 0 Å². The zero-order valence-electron chi connectivity index (χ0n) is 9.88. The molecule has 1 aliphatic carbocycles. The van der Waals surface area contributed by atoms with E-state index in [1.807, 2.05) is 0 Å². The fourth-order valence-electron chi connectivity index (χ4n) is 2.33. The molecular weight excluding hydrogens is 309 g/mol. The van der Waals surface area contributed by atoms with E-state index in [1.165, 1.54) is 34.8 Å². The van der Waals surface area contributed by atoms with Crippen molar-refractivity contribution in [1.82, 2.24) is 5.32 Å². The van der Waals surface area contributed by atoms with Crippen LogP contribution in [0.25, 0.3) is 0 Å². The Kier molecular flexibility index (Phi) is 4.65. The van der Waals surface area contributed by atoms with E-state index in [-0.39, 0.29) is 0 Å². The molecule has 0 heterocycles. The Bertz CT molecular complexity index is 312. The van der Waals surface area contributed by atoms with Gasteiger partial charge in [-0.3, -0.25) is 0 Å². The van der Waals surface area contributed by atoms with Gasteiger partial charge in [-0.1, -0.05) is 19.1 Å². The molecule has 1 nitrogen and oxygen atoms in total. The molecule has 16 heavy (non-hydrogen) atoms. The second-order valence-corrected chi connectivity index (χ2v) is 6.21. The van der Waals surface area contributed by atoms with E-state index in [2.05, 4.69) is 59.1 Å². The minimum Gasteiger partial charge on any atom is -0.310 e. The van der Waals surface area contributed by atoms with Crippen LogP contribution in [-0.2, 0) is 6.54 Å². The van der Waals surface area contributed by atoms with Crippen LogP contribution in [0.15, 0.2) is 24.3 Å². The smallest absolute Gasteiger partial charge is 0.0208 e. The Balaban J connectivity index is 1.77. The van der Waals surface area contributed by atoms with Crippen molar-refractivity contribution in [1.29, 1.82) is 0 Å². The van der Waals surface area contributed by atoms with Gasteiger partial charge in [0, 0.05) is 16.2 Å². The second kappa shape index (κ2) is 6.01. The monoisotopic (exact) mass is 329 g/mol. The highest BCUT2D eigenvalue weighted by molar-refractivity contribution is 14.1. The summed E-state index contributed by atoms with van der Waals surface area (Å²) in [4.78, 5) is 0. The average Bonchev–Trinajstić information content (AvgIpc) is 2.30. The van der Waals surface area contributed by atoms with E-state index in [4.69, 9.17) is 0 Å². The van der Waals surface area contributed by atoms with Crippen LogP contribution in [0.4, 0.5) is 0 Å². The van der Waals surface area contributed by atoms with Crippen molar-refractivity contribution in [3.63, 3.8) is 0 Å². The molecule has 0 atom stereocenters. The highest BCUT2D eigenvalue weighted by atomic mass is 127. The fourth-order valence-corrected chi connectivity index (χ4v) is 2.69. The Hall–Kier alpha value is -0.0900. The summed E-state index contributed by atoms with van der Waals surface area (Å²) in [7, 11) is 0. The van der Waals surface area contributed by atoms with Gasteiger partial charge in [0.25, 0.3) is 0 Å². The van der Waals surface area contributed by atoms with Gasteiger partial charge in [0.1, 0.15) is 0 Å². The lowest BCUT2D eigenvalue weighted by atomic mass is 9.87. The minimum absolute atomic E-state index is 0.746. The van der Waals surface area contributed by atoms with Crippen LogP contribution in [0.5, 0.6) is 0 Å².